The van der Waals surface area contributed by atoms with Crippen LogP contribution in [-0.4, -0.2) is 37.6 Å². The van der Waals surface area contributed by atoms with Crippen LogP contribution in [0.4, 0.5) is 5.69 Å². The molecule has 22 heavy (non-hydrogen) atoms. The van der Waals surface area contributed by atoms with E-state index in [-0.39, 0.29) is 18.2 Å². The second-order valence-corrected chi connectivity index (χ2v) is 5.08. The highest BCUT2D eigenvalue weighted by Crippen LogP contribution is 2.18. The number of hydrogen-bond donors (Lipinski definition) is 2. The largest absolute Gasteiger partial charge is 0.395 e. The molecule has 0 amide bonds. The van der Waals surface area contributed by atoms with E-state index in [4.69, 9.17) is 16.7 Å². The Labute approximate surface area is 130 Å². The number of aliphatic hydroxyl groups is 1. The number of anilines is 1. The molecule has 0 saturated heterocycles. The van der Waals surface area contributed by atoms with Crippen LogP contribution in [0.25, 0.3) is 17.0 Å². The number of fused-ring (bicyclic) bond motifs is 1. The summed E-state index contributed by atoms with van der Waals surface area (Å²) in [5.41, 5.74) is 1.58. The van der Waals surface area contributed by atoms with Gasteiger partial charge in [-0.25, -0.2) is 4.98 Å². The van der Waals surface area contributed by atoms with Crippen molar-refractivity contribution in [2.45, 2.75) is 0 Å². The first-order valence-corrected chi connectivity index (χ1v) is 7.05. The molecule has 0 spiro atoms. The van der Waals surface area contributed by atoms with Gasteiger partial charge in [-0.3, -0.25) is 4.79 Å². The molecule has 2 aromatic heterocycles. The number of nitrogens with one attached hydrogen (secondary N) is 1. The molecule has 0 saturated carbocycles. The minimum Gasteiger partial charge on any atom is -0.395 e. The molecule has 0 atom stereocenters. The zero-order chi connectivity index (χ0) is 15.7. The first-order valence-electron chi connectivity index (χ1n) is 6.68. The molecular formula is C14H14ClN5O2. The minimum atomic E-state index is -0.469. The number of para-hydroxylation sites is 2. The van der Waals surface area contributed by atoms with E-state index < -0.39 is 5.56 Å². The quantitative estimate of drug-likeness (QED) is 0.754. The molecule has 3 rings (SSSR count). The highest BCUT2D eigenvalue weighted by atomic mass is 35.5. The number of aromatic nitrogens is 4. The molecule has 2 heterocycles. The van der Waals surface area contributed by atoms with Crippen LogP contribution in [0.3, 0.4) is 0 Å². The standard InChI is InChI=1S/C14H14ClN5O2/c1-19-11-5-3-2-4-9(11)18-14(19)20-13(22)12(15)10(8-17-20)16-6-7-21/h2-5,8,16,21H,6-7H2,1H3. The van der Waals surface area contributed by atoms with Crippen molar-refractivity contribution in [1.29, 1.82) is 0 Å². The Kier molecular flexibility index (Phi) is 3.82. The van der Waals surface area contributed by atoms with Gasteiger partial charge in [0, 0.05) is 13.6 Å². The van der Waals surface area contributed by atoms with Gasteiger partial charge in [-0.2, -0.15) is 9.78 Å². The molecule has 114 valence electrons. The van der Waals surface area contributed by atoms with Crippen LogP contribution >= 0.6 is 11.6 Å². The van der Waals surface area contributed by atoms with Gasteiger partial charge in [-0.15, -0.1) is 0 Å². The zero-order valence-electron chi connectivity index (χ0n) is 11.8. The van der Waals surface area contributed by atoms with Gasteiger partial charge in [-0.05, 0) is 12.1 Å². The van der Waals surface area contributed by atoms with Crippen molar-refractivity contribution in [3.05, 3.63) is 45.8 Å². The zero-order valence-corrected chi connectivity index (χ0v) is 12.6. The lowest BCUT2D eigenvalue weighted by Crippen LogP contribution is -2.25. The first-order chi connectivity index (χ1) is 10.6. The van der Waals surface area contributed by atoms with E-state index >= 15 is 0 Å². The van der Waals surface area contributed by atoms with Gasteiger partial charge in [0.15, 0.2) is 0 Å². The lowest BCUT2D eigenvalue weighted by molar-refractivity contribution is 0.311. The molecule has 0 radical (unpaired) electrons. The van der Waals surface area contributed by atoms with Gasteiger partial charge in [-0.1, -0.05) is 23.7 Å². The second kappa shape index (κ2) is 5.78. The Morgan fingerprint density at radius 2 is 2.14 bits per heavy atom. The van der Waals surface area contributed by atoms with Crippen LogP contribution in [0.5, 0.6) is 0 Å². The lowest BCUT2D eigenvalue weighted by Gasteiger charge is -2.09. The van der Waals surface area contributed by atoms with Gasteiger partial charge in [0.25, 0.3) is 5.56 Å². The van der Waals surface area contributed by atoms with Crippen LogP contribution in [0.15, 0.2) is 35.3 Å². The average molecular weight is 320 g/mol. The maximum atomic E-state index is 12.4. The molecule has 0 fully saturated rings. The molecule has 0 unspecified atom stereocenters. The number of aryl methyl sites for hydroxylation is 1. The second-order valence-electron chi connectivity index (χ2n) is 4.70. The summed E-state index contributed by atoms with van der Waals surface area (Å²) >= 11 is 6.08. The number of aliphatic hydroxyl groups excluding tert-OH is 1. The number of benzene rings is 1. The summed E-state index contributed by atoms with van der Waals surface area (Å²) in [6, 6.07) is 7.56. The fourth-order valence-electron chi connectivity index (χ4n) is 2.21. The number of imidazole rings is 1. The van der Waals surface area contributed by atoms with E-state index in [1.54, 1.807) is 4.57 Å². The molecule has 0 aliphatic carbocycles. The van der Waals surface area contributed by atoms with E-state index in [0.717, 1.165) is 15.7 Å². The molecule has 2 N–H and O–H groups in total. The predicted molar refractivity (Wildman–Crippen MR) is 84.7 cm³/mol. The van der Waals surface area contributed by atoms with Crippen molar-refractivity contribution in [2.24, 2.45) is 7.05 Å². The van der Waals surface area contributed by atoms with Gasteiger partial charge in [0.05, 0.1) is 29.5 Å². The van der Waals surface area contributed by atoms with Gasteiger partial charge < -0.3 is 15.0 Å². The smallest absolute Gasteiger partial charge is 0.295 e. The number of rotatable bonds is 4. The third-order valence-electron chi connectivity index (χ3n) is 3.30. The first kappa shape index (κ1) is 14.6. The van der Waals surface area contributed by atoms with Crippen molar-refractivity contribution in [3.63, 3.8) is 0 Å². The summed E-state index contributed by atoms with van der Waals surface area (Å²) in [5, 5.41) is 15.8. The van der Waals surface area contributed by atoms with Crippen molar-refractivity contribution in [2.75, 3.05) is 18.5 Å². The highest BCUT2D eigenvalue weighted by Gasteiger charge is 2.15. The highest BCUT2D eigenvalue weighted by molar-refractivity contribution is 6.32. The summed E-state index contributed by atoms with van der Waals surface area (Å²) in [7, 11) is 1.81. The number of hydrogen-bond acceptors (Lipinski definition) is 5. The maximum absolute atomic E-state index is 12.4. The van der Waals surface area contributed by atoms with Crippen LogP contribution in [0.2, 0.25) is 5.02 Å². The summed E-state index contributed by atoms with van der Waals surface area (Å²) in [6.45, 7) is 0.224. The van der Waals surface area contributed by atoms with Crippen molar-refractivity contribution < 1.29 is 5.11 Å². The Bertz CT molecular complexity index is 887. The molecular weight excluding hydrogens is 306 g/mol. The molecule has 8 heteroatoms. The monoisotopic (exact) mass is 319 g/mol. The van der Waals surface area contributed by atoms with Gasteiger partial charge in [0.2, 0.25) is 5.95 Å². The van der Waals surface area contributed by atoms with E-state index in [1.165, 1.54) is 6.20 Å². The predicted octanol–water partition coefficient (Wildman–Crippen LogP) is 1.18. The molecule has 0 aliphatic heterocycles. The third kappa shape index (κ3) is 2.34. The Hall–Kier alpha value is -2.38. The van der Waals surface area contributed by atoms with E-state index in [9.17, 15) is 4.79 Å². The topological polar surface area (TPSA) is 85.0 Å². The van der Waals surface area contributed by atoms with Gasteiger partial charge >= 0.3 is 0 Å². The lowest BCUT2D eigenvalue weighted by atomic mass is 10.3. The summed E-state index contributed by atoms with van der Waals surface area (Å²) in [6.07, 6.45) is 1.44. The molecule has 0 aliphatic rings. The molecule has 3 aromatic rings. The van der Waals surface area contributed by atoms with Crippen LogP contribution in [-0.2, 0) is 7.05 Å². The fraction of sp³-hybridized carbons (Fsp3) is 0.214. The molecule has 1 aromatic carbocycles. The minimum absolute atomic E-state index is 0.00973. The third-order valence-corrected chi connectivity index (χ3v) is 3.66. The van der Waals surface area contributed by atoms with Crippen molar-refractivity contribution in [1.82, 2.24) is 19.3 Å². The van der Waals surface area contributed by atoms with E-state index in [0.29, 0.717) is 11.6 Å². The maximum Gasteiger partial charge on any atom is 0.295 e. The summed E-state index contributed by atoms with van der Waals surface area (Å²) < 4.78 is 2.94. The van der Waals surface area contributed by atoms with Crippen LogP contribution in [0.1, 0.15) is 0 Å². The normalized spacial score (nSPS) is 11.0. The molecule has 7 nitrogen and oxygen atoms in total. The summed E-state index contributed by atoms with van der Waals surface area (Å²) in [4.78, 5) is 16.8. The van der Waals surface area contributed by atoms with E-state index in [2.05, 4.69) is 15.4 Å². The van der Waals surface area contributed by atoms with Crippen molar-refractivity contribution >= 4 is 28.3 Å². The van der Waals surface area contributed by atoms with Crippen LogP contribution in [0, 0.1) is 0 Å². The Balaban J connectivity index is 2.13. The fourth-order valence-corrected chi connectivity index (χ4v) is 2.41. The van der Waals surface area contributed by atoms with Crippen molar-refractivity contribution in [3.8, 4) is 5.95 Å². The SMILES string of the molecule is Cn1c(-n2ncc(NCCO)c(Cl)c2=O)nc2ccccc21. The number of nitrogens with zero attached hydrogens (tertiary/aromatic N) is 4. The number of halogens is 1. The van der Waals surface area contributed by atoms with Crippen LogP contribution < -0.4 is 10.9 Å². The Morgan fingerprint density at radius 1 is 1.36 bits per heavy atom. The average Bonchev–Trinajstić information content (AvgIpc) is 2.86. The van der Waals surface area contributed by atoms with Gasteiger partial charge in [0.1, 0.15) is 5.02 Å². The molecule has 0 bridgehead atoms. The van der Waals surface area contributed by atoms with E-state index in [1.807, 2.05) is 31.3 Å². The Morgan fingerprint density at radius 3 is 2.86 bits per heavy atom. The summed E-state index contributed by atoms with van der Waals surface area (Å²) in [5.74, 6) is 0.391.